The number of hydrogen-bond acceptors (Lipinski definition) is 6. The summed E-state index contributed by atoms with van der Waals surface area (Å²) in [6, 6.07) is 17.0. The molecule has 0 bridgehead atoms. The molecule has 0 radical (unpaired) electrons. The molecule has 3 aromatic carbocycles. The first-order valence-corrected chi connectivity index (χ1v) is 13.5. The van der Waals surface area contributed by atoms with E-state index in [4.69, 9.17) is 18.9 Å². The molecule has 2 atom stereocenters. The topological polar surface area (TPSA) is 77.8 Å². The van der Waals surface area contributed by atoms with Crippen LogP contribution in [0.15, 0.2) is 48.5 Å². The third-order valence-corrected chi connectivity index (χ3v) is 7.92. The Morgan fingerprint density at radius 1 is 1.15 bits per heavy atom. The monoisotopic (exact) mass is 543 g/mol. The van der Waals surface area contributed by atoms with Gasteiger partial charge in [0.2, 0.25) is 0 Å². The number of hydrogen-bond donors (Lipinski definition) is 0. The van der Waals surface area contributed by atoms with Crippen LogP contribution in [0.5, 0.6) is 17.2 Å². The van der Waals surface area contributed by atoms with Gasteiger partial charge in [0.05, 0.1) is 31.6 Å². The van der Waals surface area contributed by atoms with E-state index in [-0.39, 0.29) is 30.7 Å². The van der Waals surface area contributed by atoms with Crippen molar-refractivity contribution in [1.29, 1.82) is 5.26 Å². The second-order valence-corrected chi connectivity index (χ2v) is 11.4. The van der Waals surface area contributed by atoms with Gasteiger partial charge in [-0.3, -0.25) is 4.79 Å². The van der Waals surface area contributed by atoms with Crippen LogP contribution >= 0.6 is 0 Å². The molecule has 6 nitrogen and oxygen atoms in total. The zero-order chi connectivity index (χ0) is 28.7. The summed E-state index contributed by atoms with van der Waals surface area (Å²) < 4.78 is 39.7. The highest BCUT2D eigenvalue weighted by Gasteiger charge is 2.48. The molecule has 1 aliphatic carbocycles. The molecule has 5 rings (SSSR count). The van der Waals surface area contributed by atoms with Crippen LogP contribution in [-0.2, 0) is 21.6 Å². The van der Waals surface area contributed by atoms with Crippen LogP contribution in [0, 0.1) is 36.4 Å². The molecular formula is C33H34FNO5. The van der Waals surface area contributed by atoms with E-state index in [2.05, 4.69) is 6.07 Å². The molecule has 0 spiro atoms. The lowest BCUT2D eigenvalue weighted by atomic mass is 9.81. The third-order valence-electron chi connectivity index (χ3n) is 7.92. The molecule has 1 heterocycles. The van der Waals surface area contributed by atoms with Gasteiger partial charge < -0.3 is 18.9 Å². The van der Waals surface area contributed by atoms with E-state index in [0.717, 1.165) is 27.8 Å². The maximum atomic E-state index is 15.9. The average Bonchev–Trinajstić information content (AvgIpc) is 3.50. The van der Waals surface area contributed by atoms with Crippen molar-refractivity contribution >= 4 is 5.97 Å². The summed E-state index contributed by atoms with van der Waals surface area (Å²) >= 11 is 0. The molecule has 40 heavy (non-hydrogen) atoms. The van der Waals surface area contributed by atoms with Crippen molar-refractivity contribution in [2.24, 2.45) is 5.41 Å². The average molecular weight is 544 g/mol. The molecule has 0 saturated carbocycles. The van der Waals surface area contributed by atoms with E-state index >= 15 is 4.39 Å². The van der Waals surface area contributed by atoms with Crippen LogP contribution in [0.4, 0.5) is 4.39 Å². The molecule has 0 amide bonds. The van der Waals surface area contributed by atoms with Gasteiger partial charge in [0.1, 0.15) is 29.7 Å². The van der Waals surface area contributed by atoms with Gasteiger partial charge in [0.15, 0.2) is 5.60 Å². The molecule has 0 fully saturated rings. The van der Waals surface area contributed by atoms with E-state index < -0.39 is 11.0 Å². The molecule has 0 aromatic heterocycles. The molecule has 3 aromatic rings. The standard InChI is InChI=1S/C33H34FNO5/c1-20-7-6-8-21(2)30(20)33(40-23-9-10-24-22(15-29(36)37-5)17-38-28(24)16-23)14-13-25-27(12-11-26(34)31(25)33)39-19-32(3,4)18-35/h6-12,16,22H,13-15,17,19H2,1-5H3/t22?,33-/m1/s1. The van der Waals surface area contributed by atoms with Crippen LogP contribution in [0.1, 0.15) is 66.0 Å². The minimum Gasteiger partial charge on any atom is -0.492 e. The van der Waals surface area contributed by atoms with Gasteiger partial charge in [0, 0.05) is 40.7 Å². The molecule has 2 aliphatic rings. The largest absolute Gasteiger partial charge is 0.492 e. The number of esters is 1. The fourth-order valence-corrected chi connectivity index (χ4v) is 5.97. The van der Waals surface area contributed by atoms with Crippen molar-refractivity contribution in [3.63, 3.8) is 0 Å². The Labute approximate surface area is 234 Å². The lowest BCUT2D eigenvalue weighted by molar-refractivity contribution is -0.141. The SMILES string of the molecule is COC(=O)CC1COc2cc(O[C@@]3(c4c(C)cccc4C)CCc4c(OCC(C)(C)C#N)ccc(F)c43)ccc21. The summed E-state index contributed by atoms with van der Waals surface area (Å²) in [7, 11) is 1.38. The Kier molecular flexibility index (Phi) is 7.22. The first kappa shape index (κ1) is 27.5. The molecule has 7 heteroatoms. The summed E-state index contributed by atoms with van der Waals surface area (Å²) in [6.07, 6.45) is 1.29. The first-order valence-electron chi connectivity index (χ1n) is 13.5. The van der Waals surface area contributed by atoms with Crippen LogP contribution in [0.2, 0.25) is 0 Å². The summed E-state index contributed by atoms with van der Waals surface area (Å²) in [4.78, 5) is 11.9. The Bertz CT molecular complexity index is 1490. The number of rotatable bonds is 8. The van der Waals surface area contributed by atoms with E-state index in [1.54, 1.807) is 6.07 Å². The van der Waals surface area contributed by atoms with Crippen molar-refractivity contribution in [3.8, 4) is 23.3 Å². The zero-order valence-electron chi connectivity index (χ0n) is 23.6. The van der Waals surface area contributed by atoms with Crippen molar-refractivity contribution < 1.29 is 28.1 Å². The lowest BCUT2D eigenvalue weighted by Crippen LogP contribution is -2.35. The summed E-state index contributed by atoms with van der Waals surface area (Å²) in [5, 5.41) is 9.46. The number of ether oxygens (including phenoxy) is 4. The van der Waals surface area contributed by atoms with Crippen LogP contribution in [0.25, 0.3) is 0 Å². The van der Waals surface area contributed by atoms with Gasteiger partial charge in [-0.15, -0.1) is 0 Å². The molecular weight excluding hydrogens is 509 g/mol. The Morgan fingerprint density at radius 3 is 2.60 bits per heavy atom. The number of halogens is 1. The van der Waals surface area contributed by atoms with Crippen molar-refractivity contribution in [2.45, 2.75) is 58.5 Å². The number of fused-ring (bicyclic) bond motifs is 2. The van der Waals surface area contributed by atoms with Crippen molar-refractivity contribution in [2.75, 3.05) is 20.3 Å². The number of benzene rings is 3. The second-order valence-electron chi connectivity index (χ2n) is 11.4. The fourth-order valence-electron chi connectivity index (χ4n) is 5.97. The predicted octanol–water partition coefficient (Wildman–Crippen LogP) is 6.68. The molecule has 0 N–H and O–H groups in total. The van der Waals surface area contributed by atoms with Gasteiger partial charge >= 0.3 is 5.97 Å². The quantitative estimate of drug-likeness (QED) is 0.295. The highest BCUT2D eigenvalue weighted by Crippen LogP contribution is 2.52. The van der Waals surface area contributed by atoms with Crippen LogP contribution in [-0.4, -0.2) is 26.3 Å². The van der Waals surface area contributed by atoms with Gasteiger partial charge in [0.25, 0.3) is 0 Å². The van der Waals surface area contributed by atoms with Crippen molar-refractivity contribution in [1.82, 2.24) is 0 Å². The maximum absolute atomic E-state index is 15.9. The Balaban J connectivity index is 1.59. The number of aryl methyl sites for hydroxylation is 2. The van der Waals surface area contributed by atoms with Gasteiger partial charge in [-0.25, -0.2) is 4.39 Å². The summed E-state index contributed by atoms with van der Waals surface area (Å²) in [6.45, 7) is 8.23. The minimum atomic E-state index is -1.10. The highest BCUT2D eigenvalue weighted by molar-refractivity contribution is 5.71. The zero-order valence-corrected chi connectivity index (χ0v) is 23.6. The molecule has 208 valence electrons. The molecule has 1 aliphatic heterocycles. The number of carbonyl (C=O) groups excluding carboxylic acids is 1. The lowest BCUT2D eigenvalue weighted by Gasteiger charge is -2.35. The van der Waals surface area contributed by atoms with E-state index in [0.29, 0.717) is 42.3 Å². The molecule has 1 unspecified atom stereocenters. The highest BCUT2D eigenvalue weighted by atomic mass is 19.1. The number of carbonyl (C=O) groups is 1. The summed E-state index contributed by atoms with van der Waals surface area (Å²) in [5.74, 6) is 1.02. The van der Waals surface area contributed by atoms with Gasteiger partial charge in [-0.2, -0.15) is 5.26 Å². The minimum absolute atomic E-state index is 0.0916. The second kappa shape index (κ2) is 10.5. The maximum Gasteiger partial charge on any atom is 0.306 e. The van der Waals surface area contributed by atoms with Crippen LogP contribution in [0.3, 0.4) is 0 Å². The van der Waals surface area contributed by atoms with E-state index in [1.807, 2.05) is 64.1 Å². The molecule has 0 saturated heterocycles. The smallest absolute Gasteiger partial charge is 0.306 e. The van der Waals surface area contributed by atoms with Crippen LogP contribution < -0.4 is 14.2 Å². The predicted molar refractivity (Wildman–Crippen MR) is 148 cm³/mol. The number of nitriles is 1. The first-order chi connectivity index (χ1) is 19.1. The Hall–Kier alpha value is -4.05. The van der Waals surface area contributed by atoms with E-state index in [1.165, 1.54) is 13.2 Å². The Morgan fingerprint density at radius 2 is 1.90 bits per heavy atom. The number of methoxy groups -OCH3 is 1. The third kappa shape index (κ3) is 4.88. The van der Waals surface area contributed by atoms with Gasteiger partial charge in [-0.05, 0) is 63.4 Å². The van der Waals surface area contributed by atoms with Gasteiger partial charge in [-0.1, -0.05) is 24.3 Å². The normalized spacial score (nSPS) is 19.3. The van der Waals surface area contributed by atoms with Crippen molar-refractivity contribution in [3.05, 3.63) is 87.7 Å². The summed E-state index contributed by atoms with van der Waals surface area (Å²) in [5.41, 5.74) is 3.28. The number of nitrogens with zero attached hydrogens (tertiary/aromatic N) is 1. The van der Waals surface area contributed by atoms with E-state index in [9.17, 15) is 10.1 Å². The fraction of sp³-hybridized carbons (Fsp3) is 0.394.